The number of carboxylic acids is 1. The topological polar surface area (TPSA) is 55.8 Å². The van der Waals surface area contributed by atoms with Crippen LogP contribution in [0.1, 0.15) is 78.7 Å². The summed E-state index contributed by atoms with van der Waals surface area (Å²) in [4.78, 5) is 11.1. The van der Waals surface area contributed by atoms with Gasteiger partial charge in [-0.3, -0.25) is 0 Å². The van der Waals surface area contributed by atoms with E-state index in [4.69, 9.17) is 14.6 Å². The Morgan fingerprint density at radius 1 is 0.900 bits per heavy atom. The van der Waals surface area contributed by atoms with Gasteiger partial charge in [-0.15, -0.1) is 0 Å². The van der Waals surface area contributed by atoms with Crippen molar-refractivity contribution in [2.24, 2.45) is 0 Å². The van der Waals surface area contributed by atoms with E-state index in [1.54, 1.807) is 26.4 Å². The Morgan fingerprint density at radius 3 is 1.87 bits per heavy atom. The second-order valence-electron chi connectivity index (χ2n) is 9.38. The van der Waals surface area contributed by atoms with E-state index in [1.807, 2.05) is 24.3 Å². The van der Waals surface area contributed by atoms with Crippen LogP contribution >= 0.6 is 0 Å². The van der Waals surface area contributed by atoms with E-state index in [-0.39, 0.29) is 16.4 Å². The van der Waals surface area contributed by atoms with E-state index >= 15 is 0 Å². The highest BCUT2D eigenvalue weighted by Gasteiger charge is 2.43. The van der Waals surface area contributed by atoms with Crippen molar-refractivity contribution < 1.29 is 19.4 Å². The maximum Gasteiger partial charge on any atom is 0.335 e. The summed E-state index contributed by atoms with van der Waals surface area (Å²) in [5.74, 6) is 0.913. The Labute approximate surface area is 179 Å². The minimum atomic E-state index is -0.924. The van der Waals surface area contributed by atoms with E-state index in [1.165, 1.54) is 11.1 Å². The maximum absolute atomic E-state index is 11.1. The molecule has 0 aromatic heterocycles. The van der Waals surface area contributed by atoms with E-state index in [9.17, 15) is 4.79 Å². The molecule has 1 N–H and O–H groups in total. The van der Waals surface area contributed by atoms with Crippen LogP contribution in [0.15, 0.2) is 24.3 Å². The fraction of sp³-hybridized carbons (Fsp3) is 0.423. The predicted octanol–water partition coefficient (Wildman–Crippen LogP) is 6.23. The van der Waals surface area contributed by atoms with Crippen molar-refractivity contribution in [2.75, 3.05) is 14.2 Å². The molecule has 160 valence electrons. The molecular formula is C26H32O4. The molecule has 0 unspecified atom stereocenters. The summed E-state index contributed by atoms with van der Waals surface area (Å²) in [6.45, 7) is 11.2. The lowest BCUT2D eigenvalue weighted by Crippen LogP contribution is -2.35. The first-order chi connectivity index (χ1) is 14.0. The number of aromatic carboxylic acids is 1. The number of ether oxygens (including phenoxy) is 2. The minimum absolute atomic E-state index is 0.00312. The number of hydrogen-bond donors (Lipinski definition) is 1. The van der Waals surface area contributed by atoms with Gasteiger partial charge in [-0.2, -0.15) is 0 Å². The second kappa shape index (κ2) is 7.82. The van der Waals surface area contributed by atoms with Crippen molar-refractivity contribution in [2.45, 2.75) is 58.3 Å². The molecule has 4 nitrogen and oxygen atoms in total. The zero-order valence-electron chi connectivity index (χ0n) is 19.1. The Morgan fingerprint density at radius 2 is 1.40 bits per heavy atom. The van der Waals surface area contributed by atoms with Gasteiger partial charge in [0.05, 0.1) is 19.8 Å². The van der Waals surface area contributed by atoms with Crippen LogP contribution < -0.4 is 9.47 Å². The number of rotatable bonds is 5. The molecule has 0 bridgehead atoms. The molecule has 0 spiro atoms. The van der Waals surface area contributed by atoms with Gasteiger partial charge in [-0.1, -0.05) is 52.0 Å². The van der Waals surface area contributed by atoms with Crippen molar-refractivity contribution in [1.29, 1.82) is 0 Å². The van der Waals surface area contributed by atoms with E-state index in [2.05, 4.69) is 34.6 Å². The Balaban J connectivity index is 2.22. The molecule has 0 aliphatic heterocycles. The normalized spacial score (nSPS) is 16.9. The molecular weight excluding hydrogens is 376 g/mol. The van der Waals surface area contributed by atoms with Crippen LogP contribution in [0.5, 0.6) is 11.5 Å². The van der Waals surface area contributed by atoms with Gasteiger partial charge < -0.3 is 14.6 Å². The van der Waals surface area contributed by atoms with Crippen LogP contribution in [0.25, 0.3) is 12.2 Å². The first-order valence-corrected chi connectivity index (χ1v) is 10.3. The van der Waals surface area contributed by atoms with Gasteiger partial charge in [0.15, 0.2) is 0 Å². The van der Waals surface area contributed by atoms with Gasteiger partial charge in [0.25, 0.3) is 0 Å². The van der Waals surface area contributed by atoms with Crippen molar-refractivity contribution in [3.8, 4) is 11.5 Å². The molecule has 3 rings (SSSR count). The smallest absolute Gasteiger partial charge is 0.335 e. The fourth-order valence-electron chi connectivity index (χ4n) is 4.59. The average Bonchev–Trinajstić information content (AvgIpc) is 2.69. The number of carboxylic acid groups (broad SMARTS) is 1. The van der Waals surface area contributed by atoms with Crippen LogP contribution in [0.2, 0.25) is 0 Å². The van der Waals surface area contributed by atoms with Gasteiger partial charge in [0.2, 0.25) is 0 Å². The summed E-state index contributed by atoms with van der Waals surface area (Å²) in [7, 11) is 3.48. The zero-order chi connectivity index (χ0) is 22.3. The van der Waals surface area contributed by atoms with E-state index in [0.717, 1.165) is 41.0 Å². The van der Waals surface area contributed by atoms with Crippen LogP contribution in [-0.2, 0) is 10.8 Å². The van der Waals surface area contributed by atoms with Gasteiger partial charge in [0.1, 0.15) is 11.5 Å². The summed E-state index contributed by atoms with van der Waals surface area (Å²) >= 11 is 0. The molecule has 4 heteroatoms. The van der Waals surface area contributed by atoms with Gasteiger partial charge in [0, 0.05) is 22.3 Å². The molecule has 0 radical (unpaired) electrons. The Hall–Kier alpha value is -2.75. The minimum Gasteiger partial charge on any atom is -0.496 e. The molecule has 0 atom stereocenters. The van der Waals surface area contributed by atoms with Crippen LogP contribution in [-0.4, -0.2) is 25.3 Å². The lowest BCUT2D eigenvalue weighted by Gasteiger charge is -2.44. The van der Waals surface area contributed by atoms with Crippen molar-refractivity contribution in [1.82, 2.24) is 0 Å². The SMILES string of the molecule is COc1c(C)c(C=Cc2ccc(C(=O)O)cc2)c(OC)c2c1C(C)(C)CCC2(C)C. The number of benzene rings is 2. The number of hydrogen-bond acceptors (Lipinski definition) is 3. The van der Waals surface area contributed by atoms with Crippen LogP contribution in [0.4, 0.5) is 0 Å². The van der Waals surface area contributed by atoms with Crippen molar-refractivity contribution in [3.05, 3.63) is 57.6 Å². The number of methoxy groups -OCH3 is 2. The Kier molecular flexibility index (Phi) is 5.72. The molecule has 2 aromatic rings. The second-order valence-corrected chi connectivity index (χ2v) is 9.38. The molecule has 1 aliphatic rings. The number of fused-ring (bicyclic) bond motifs is 1. The molecule has 0 saturated heterocycles. The largest absolute Gasteiger partial charge is 0.496 e. The third-order valence-corrected chi connectivity index (χ3v) is 6.43. The highest BCUT2D eigenvalue weighted by atomic mass is 16.5. The van der Waals surface area contributed by atoms with E-state index in [0.29, 0.717) is 0 Å². The third-order valence-electron chi connectivity index (χ3n) is 6.43. The predicted molar refractivity (Wildman–Crippen MR) is 122 cm³/mol. The van der Waals surface area contributed by atoms with Crippen molar-refractivity contribution >= 4 is 18.1 Å². The first kappa shape index (κ1) is 21.9. The standard InChI is InChI=1S/C26H32O4/c1-16-19(13-10-17-8-11-18(12-9-17)24(27)28)23(30-7)21-20(22(16)29-6)25(2,3)14-15-26(21,4)5/h8-13H,14-15H2,1-7H3,(H,27,28). The first-order valence-electron chi connectivity index (χ1n) is 10.3. The molecule has 2 aromatic carbocycles. The summed E-state index contributed by atoms with van der Waals surface area (Å²) in [6.07, 6.45) is 6.21. The molecule has 1 aliphatic carbocycles. The summed E-state index contributed by atoms with van der Waals surface area (Å²) in [5, 5.41) is 9.10. The maximum atomic E-state index is 11.1. The molecule has 30 heavy (non-hydrogen) atoms. The van der Waals surface area contributed by atoms with Crippen molar-refractivity contribution in [3.63, 3.8) is 0 Å². The molecule has 0 saturated carbocycles. The van der Waals surface area contributed by atoms with Crippen LogP contribution in [0, 0.1) is 6.92 Å². The third kappa shape index (κ3) is 3.71. The van der Waals surface area contributed by atoms with Gasteiger partial charge in [-0.05, 0) is 48.3 Å². The quantitative estimate of drug-likeness (QED) is 0.596. The van der Waals surface area contributed by atoms with E-state index < -0.39 is 5.97 Å². The summed E-state index contributed by atoms with van der Waals surface area (Å²) < 4.78 is 12.0. The van der Waals surface area contributed by atoms with Crippen LogP contribution in [0.3, 0.4) is 0 Å². The molecule has 0 fully saturated rings. The monoisotopic (exact) mass is 408 g/mol. The fourth-order valence-corrected chi connectivity index (χ4v) is 4.59. The number of carbonyl (C=O) groups is 1. The summed E-state index contributed by atoms with van der Waals surface area (Å²) in [5.41, 5.74) is 5.71. The molecule has 0 heterocycles. The Bertz CT molecular complexity index is 995. The highest BCUT2D eigenvalue weighted by Crippen LogP contribution is 2.55. The zero-order valence-corrected chi connectivity index (χ0v) is 19.1. The molecule has 0 amide bonds. The van der Waals surface area contributed by atoms with Gasteiger partial charge >= 0.3 is 5.97 Å². The highest BCUT2D eigenvalue weighted by molar-refractivity contribution is 5.88. The average molecular weight is 409 g/mol. The lowest BCUT2D eigenvalue weighted by molar-refractivity contribution is 0.0697. The van der Waals surface area contributed by atoms with Gasteiger partial charge in [-0.25, -0.2) is 4.79 Å². The summed E-state index contributed by atoms with van der Waals surface area (Å²) in [6, 6.07) is 6.85. The lowest BCUT2D eigenvalue weighted by atomic mass is 9.61.